The van der Waals surface area contributed by atoms with Crippen molar-refractivity contribution >= 4 is 17.6 Å². The molecule has 0 saturated carbocycles. The lowest BCUT2D eigenvalue weighted by atomic mass is 10.2. The van der Waals surface area contributed by atoms with E-state index in [1.165, 1.54) is 5.69 Å². The van der Waals surface area contributed by atoms with E-state index in [0.29, 0.717) is 0 Å². The molecule has 106 valence electrons. The molecule has 1 aromatic carbocycles. The van der Waals surface area contributed by atoms with E-state index >= 15 is 0 Å². The van der Waals surface area contributed by atoms with Crippen LogP contribution in [-0.2, 0) is 0 Å². The van der Waals surface area contributed by atoms with Crippen molar-refractivity contribution in [1.29, 1.82) is 0 Å². The van der Waals surface area contributed by atoms with Crippen LogP contribution in [0.4, 0.5) is 11.4 Å². The predicted molar refractivity (Wildman–Crippen MR) is 87.3 cm³/mol. The zero-order chi connectivity index (χ0) is 14.4. The van der Waals surface area contributed by atoms with Crippen molar-refractivity contribution in [2.24, 2.45) is 4.99 Å². The van der Waals surface area contributed by atoms with Crippen LogP contribution in [0.1, 0.15) is 0 Å². The van der Waals surface area contributed by atoms with Gasteiger partial charge in [-0.15, -0.1) is 0 Å². The number of hydrogen-bond acceptors (Lipinski definition) is 4. The number of anilines is 2. The van der Waals surface area contributed by atoms with E-state index in [1.54, 1.807) is 7.05 Å². The van der Waals surface area contributed by atoms with Crippen LogP contribution in [-0.4, -0.2) is 44.3 Å². The standard InChI is InChI=1S/C16H22N4/c1-3-15(8-9-18-2)19-10-12-20(13-11-19)16-6-4-14(17)5-7-16/h3-9H,1,10-13,17H2,2H3/b15-8+,18-9?. The van der Waals surface area contributed by atoms with E-state index in [-0.39, 0.29) is 0 Å². The van der Waals surface area contributed by atoms with Crippen molar-refractivity contribution < 1.29 is 0 Å². The number of allylic oxidation sites excluding steroid dienone is 2. The summed E-state index contributed by atoms with van der Waals surface area (Å²) in [6.07, 6.45) is 5.70. The van der Waals surface area contributed by atoms with Crippen molar-refractivity contribution in [3.05, 3.63) is 48.7 Å². The molecule has 1 heterocycles. The van der Waals surface area contributed by atoms with Crippen LogP contribution in [0.15, 0.2) is 53.7 Å². The second-order valence-corrected chi connectivity index (χ2v) is 4.77. The number of hydrogen-bond donors (Lipinski definition) is 1. The minimum absolute atomic E-state index is 0.808. The van der Waals surface area contributed by atoms with Crippen molar-refractivity contribution in [3.63, 3.8) is 0 Å². The summed E-state index contributed by atoms with van der Waals surface area (Å²) >= 11 is 0. The highest BCUT2D eigenvalue weighted by Crippen LogP contribution is 2.19. The van der Waals surface area contributed by atoms with E-state index in [2.05, 4.69) is 33.5 Å². The van der Waals surface area contributed by atoms with Crippen molar-refractivity contribution in [3.8, 4) is 0 Å². The summed E-state index contributed by atoms with van der Waals surface area (Å²) < 4.78 is 0. The predicted octanol–water partition coefficient (Wildman–Crippen LogP) is 2.16. The highest BCUT2D eigenvalue weighted by molar-refractivity contribution is 5.72. The SMILES string of the molecule is C=C/C(=C\C=NC)N1CCN(c2ccc(N)cc2)CC1. The van der Waals surface area contributed by atoms with E-state index in [9.17, 15) is 0 Å². The molecule has 4 nitrogen and oxygen atoms in total. The van der Waals surface area contributed by atoms with Gasteiger partial charge in [0, 0.05) is 56.5 Å². The van der Waals surface area contributed by atoms with Crippen molar-refractivity contribution in [2.75, 3.05) is 43.9 Å². The third-order valence-electron chi connectivity index (χ3n) is 3.51. The number of rotatable bonds is 4. The highest BCUT2D eigenvalue weighted by atomic mass is 15.3. The van der Waals surface area contributed by atoms with Gasteiger partial charge in [0.15, 0.2) is 0 Å². The number of nitrogens with two attached hydrogens (primary N) is 1. The minimum Gasteiger partial charge on any atom is -0.399 e. The molecular formula is C16H22N4. The summed E-state index contributed by atoms with van der Waals surface area (Å²) in [5.74, 6) is 0. The molecule has 0 amide bonds. The number of piperazine rings is 1. The van der Waals surface area contributed by atoms with Crippen LogP contribution in [0.5, 0.6) is 0 Å². The maximum absolute atomic E-state index is 5.72. The van der Waals surface area contributed by atoms with Crippen LogP contribution < -0.4 is 10.6 Å². The van der Waals surface area contributed by atoms with E-state index < -0.39 is 0 Å². The van der Waals surface area contributed by atoms with Gasteiger partial charge in [0.2, 0.25) is 0 Å². The monoisotopic (exact) mass is 270 g/mol. The molecule has 1 aliphatic rings. The number of nitrogen functional groups attached to an aromatic ring is 1. The molecule has 1 saturated heterocycles. The maximum atomic E-state index is 5.72. The van der Waals surface area contributed by atoms with Gasteiger partial charge in [-0.25, -0.2) is 0 Å². The number of aliphatic imine (C=N–C) groups is 1. The Labute approximate surface area is 120 Å². The van der Waals surface area contributed by atoms with Crippen LogP contribution in [0.2, 0.25) is 0 Å². The molecule has 20 heavy (non-hydrogen) atoms. The molecule has 0 radical (unpaired) electrons. The van der Waals surface area contributed by atoms with Gasteiger partial charge in [0.1, 0.15) is 0 Å². The molecule has 4 heteroatoms. The molecular weight excluding hydrogens is 248 g/mol. The van der Waals surface area contributed by atoms with E-state index in [4.69, 9.17) is 5.73 Å². The Morgan fingerprint density at radius 2 is 1.85 bits per heavy atom. The summed E-state index contributed by atoms with van der Waals surface area (Å²) in [6, 6.07) is 8.07. The molecule has 0 spiro atoms. The minimum atomic E-state index is 0.808. The lowest BCUT2D eigenvalue weighted by Gasteiger charge is -2.37. The Morgan fingerprint density at radius 3 is 2.40 bits per heavy atom. The van der Waals surface area contributed by atoms with E-state index in [1.807, 2.05) is 30.5 Å². The lowest BCUT2D eigenvalue weighted by Crippen LogP contribution is -2.45. The molecule has 2 rings (SSSR count). The zero-order valence-corrected chi connectivity index (χ0v) is 12.0. The maximum Gasteiger partial charge on any atom is 0.0376 e. The third-order valence-corrected chi connectivity index (χ3v) is 3.51. The molecule has 0 aliphatic carbocycles. The average Bonchev–Trinajstić information content (AvgIpc) is 2.49. The van der Waals surface area contributed by atoms with Gasteiger partial charge in [-0.05, 0) is 36.4 Å². The van der Waals surface area contributed by atoms with Gasteiger partial charge >= 0.3 is 0 Å². The van der Waals surface area contributed by atoms with Crippen molar-refractivity contribution in [2.45, 2.75) is 0 Å². The Kier molecular flexibility index (Phi) is 4.82. The third kappa shape index (κ3) is 3.41. The smallest absolute Gasteiger partial charge is 0.0376 e. The van der Waals surface area contributed by atoms with Gasteiger partial charge < -0.3 is 15.5 Å². The van der Waals surface area contributed by atoms with Gasteiger partial charge in [0.05, 0.1) is 0 Å². The second-order valence-electron chi connectivity index (χ2n) is 4.77. The van der Waals surface area contributed by atoms with Crippen LogP contribution in [0.25, 0.3) is 0 Å². The first-order valence-corrected chi connectivity index (χ1v) is 6.85. The topological polar surface area (TPSA) is 44.9 Å². The molecule has 0 bridgehead atoms. The molecule has 0 unspecified atom stereocenters. The first-order chi connectivity index (χ1) is 9.74. The summed E-state index contributed by atoms with van der Waals surface area (Å²) in [7, 11) is 1.77. The fraction of sp³-hybridized carbons (Fsp3) is 0.312. The van der Waals surface area contributed by atoms with Crippen LogP contribution in [0, 0.1) is 0 Å². The first-order valence-electron chi connectivity index (χ1n) is 6.85. The van der Waals surface area contributed by atoms with Crippen molar-refractivity contribution in [1.82, 2.24) is 4.90 Å². The summed E-state index contributed by atoms with van der Waals surface area (Å²) in [5.41, 5.74) is 8.90. The van der Waals surface area contributed by atoms with Gasteiger partial charge in [-0.3, -0.25) is 4.99 Å². The Morgan fingerprint density at radius 1 is 1.20 bits per heavy atom. The molecule has 1 fully saturated rings. The second kappa shape index (κ2) is 6.80. The fourth-order valence-electron chi connectivity index (χ4n) is 2.36. The van der Waals surface area contributed by atoms with Gasteiger partial charge in [-0.2, -0.15) is 0 Å². The molecule has 2 N–H and O–H groups in total. The van der Waals surface area contributed by atoms with Crippen LogP contribution >= 0.6 is 0 Å². The number of benzene rings is 1. The van der Waals surface area contributed by atoms with E-state index in [0.717, 1.165) is 37.6 Å². The number of nitrogens with zero attached hydrogens (tertiary/aromatic N) is 3. The Bertz CT molecular complexity index is 494. The summed E-state index contributed by atoms with van der Waals surface area (Å²) in [6.45, 7) is 7.85. The Hall–Kier alpha value is -2.23. The largest absolute Gasteiger partial charge is 0.399 e. The van der Waals surface area contributed by atoms with Crippen LogP contribution in [0.3, 0.4) is 0 Å². The normalized spacial score (nSPS) is 16.8. The van der Waals surface area contributed by atoms with Gasteiger partial charge in [0.25, 0.3) is 0 Å². The highest BCUT2D eigenvalue weighted by Gasteiger charge is 2.17. The summed E-state index contributed by atoms with van der Waals surface area (Å²) in [4.78, 5) is 8.71. The van der Waals surface area contributed by atoms with Gasteiger partial charge in [-0.1, -0.05) is 6.58 Å². The lowest BCUT2D eigenvalue weighted by molar-refractivity contribution is 0.331. The summed E-state index contributed by atoms with van der Waals surface area (Å²) in [5, 5.41) is 0. The molecule has 0 aromatic heterocycles. The Balaban J connectivity index is 1.98. The molecule has 1 aliphatic heterocycles. The molecule has 0 atom stereocenters. The fourth-order valence-corrected chi connectivity index (χ4v) is 2.36. The zero-order valence-electron chi connectivity index (χ0n) is 12.0. The quantitative estimate of drug-likeness (QED) is 0.518. The first kappa shape index (κ1) is 14.2. The molecule has 1 aromatic rings. The average molecular weight is 270 g/mol.